The van der Waals surface area contributed by atoms with Gasteiger partial charge in [0.15, 0.2) is 0 Å². The Morgan fingerprint density at radius 1 is 0.228 bits per heavy atom. The molecule has 0 saturated heterocycles. The molecule has 0 bridgehead atoms. The molecule has 0 amide bonds. The van der Waals surface area contributed by atoms with Crippen molar-refractivity contribution in [2.24, 2.45) is 0 Å². The van der Waals surface area contributed by atoms with Crippen LogP contribution in [0.1, 0.15) is 0 Å². The molecule has 0 spiro atoms. The first-order chi connectivity index (χ1) is 28.2. The Morgan fingerprint density at radius 2 is 0.474 bits per heavy atom. The van der Waals surface area contributed by atoms with Crippen LogP contribution in [0.25, 0.3) is 44.5 Å². The van der Waals surface area contributed by atoms with Crippen LogP contribution in [-0.2, 0) is 0 Å². The Kier molecular flexibility index (Phi) is 10.2. The standard InChI is InChI=1S/C54H39ClN2/c55-53-39-52(56(48-29-21-44(22-30-48)40-13-5-1-6-14-40)49-31-23-45(24-32-49)41-15-7-2-8-16-41)37-38-54(53)57(50-33-25-46(26-34-50)42-17-9-3-10-18-42)51-35-27-47(28-36-51)43-19-11-4-12-20-43/h1-39H. The van der Waals surface area contributed by atoms with Gasteiger partial charge in [0.25, 0.3) is 0 Å². The monoisotopic (exact) mass is 750 g/mol. The van der Waals surface area contributed by atoms with Gasteiger partial charge in [-0.2, -0.15) is 0 Å². The van der Waals surface area contributed by atoms with Crippen molar-refractivity contribution in [1.29, 1.82) is 0 Å². The molecule has 3 heteroatoms. The molecule has 9 aromatic carbocycles. The van der Waals surface area contributed by atoms with Crippen LogP contribution in [0.2, 0.25) is 5.02 Å². The molecule has 0 fully saturated rings. The highest BCUT2D eigenvalue weighted by Gasteiger charge is 2.20. The van der Waals surface area contributed by atoms with Gasteiger partial charge in [-0.3, -0.25) is 0 Å². The fourth-order valence-electron chi connectivity index (χ4n) is 7.42. The van der Waals surface area contributed by atoms with Gasteiger partial charge in [-0.25, -0.2) is 0 Å². The van der Waals surface area contributed by atoms with Gasteiger partial charge in [-0.05, 0) is 111 Å². The van der Waals surface area contributed by atoms with E-state index in [2.05, 4.69) is 222 Å². The molecule has 0 heterocycles. The fraction of sp³-hybridized carbons (Fsp3) is 0. The number of benzene rings is 9. The Hall–Kier alpha value is -7.13. The van der Waals surface area contributed by atoms with Gasteiger partial charge in [-0.15, -0.1) is 0 Å². The third-order valence-electron chi connectivity index (χ3n) is 10.4. The number of hydrogen-bond acceptors (Lipinski definition) is 2. The lowest BCUT2D eigenvalue weighted by atomic mass is 10.0. The Labute approximate surface area is 340 Å². The number of nitrogens with zero attached hydrogens (tertiary/aromatic N) is 2. The van der Waals surface area contributed by atoms with Gasteiger partial charge in [0, 0.05) is 28.4 Å². The zero-order valence-corrected chi connectivity index (χ0v) is 32.0. The second-order valence-electron chi connectivity index (χ2n) is 14.0. The number of hydrogen-bond donors (Lipinski definition) is 0. The summed E-state index contributed by atoms with van der Waals surface area (Å²) in [5.41, 5.74) is 15.3. The normalized spacial score (nSPS) is 10.9. The lowest BCUT2D eigenvalue weighted by molar-refractivity contribution is 1.26. The molecular weight excluding hydrogens is 712 g/mol. The van der Waals surface area contributed by atoms with E-state index in [0.717, 1.165) is 45.3 Å². The van der Waals surface area contributed by atoms with Crippen molar-refractivity contribution in [1.82, 2.24) is 0 Å². The van der Waals surface area contributed by atoms with Gasteiger partial charge in [0.2, 0.25) is 0 Å². The first-order valence-corrected chi connectivity index (χ1v) is 19.6. The van der Waals surface area contributed by atoms with Gasteiger partial charge < -0.3 is 9.80 Å². The molecule has 0 radical (unpaired) electrons. The average Bonchev–Trinajstić information content (AvgIpc) is 3.29. The van der Waals surface area contributed by atoms with E-state index in [0.29, 0.717) is 5.02 Å². The zero-order chi connectivity index (χ0) is 38.4. The van der Waals surface area contributed by atoms with Crippen molar-refractivity contribution in [2.45, 2.75) is 0 Å². The molecule has 57 heavy (non-hydrogen) atoms. The third-order valence-corrected chi connectivity index (χ3v) is 10.7. The summed E-state index contributed by atoms with van der Waals surface area (Å²) in [5.74, 6) is 0. The maximum Gasteiger partial charge on any atom is 0.0667 e. The molecule has 9 rings (SSSR count). The van der Waals surface area contributed by atoms with Crippen LogP contribution in [0, 0.1) is 0 Å². The molecule has 9 aromatic rings. The molecule has 0 aliphatic rings. The summed E-state index contributed by atoms with van der Waals surface area (Å²) in [7, 11) is 0. The van der Waals surface area contributed by atoms with E-state index < -0.39 is 0 Å². The average molecular weight is 751 g/mol. The largest absolute Gasteiger partial charge is 0.310 e. The van der Waals surface area contributed by atoms with Crippen molar-refractivity contribution in [3.05, 3.63) is 242 Å². The van der Waals surface area contributed by atoms with E-state index in [-0.39, 0.29) is 0 Å². The molecule has 0 N–H and O–H groups in total. The quantitative estimate of drug-likeness (QED) is 0.137. The van der Waals surface area contributed by atoms with E-state index in [9.17, 15) is 0 Å². The van der Waals surface area contributed by atoms with E-state index in [4.69, 9.17) is 11.6 Å². The molecular formula is C54H39ClN2. The van der Waals surface area contributed by atoms with Crippen LogP contribution in [-0.4, -0.2) is 0 Å². The second kappa shape index (κ2) is 16.3. The molecule has 0 saturated carbocycles. The van der Waals surface area contributed by atoms with Crippen LogP contribution in [0.4, 0.5) is 34.1 Å². The van der Waals surface area contributed by atoms with E-state index in [1.54, 1.807) is 0 Å². The third kappa shape index (κ3) is 7.73. The summed E-state index contributed by atoms with van der Waals surface area (Å²) in [6, 6.07) is 83.2. The summed E-state index contributed by atoms with van der Waals surface area (Å²) in [4.78, 5) is 4.51. The molecule has 2 nitrogen and oxygen atoms in total. The van der Waals surface area contributed by atoms with Gasteiger partial charge in [0.1, 0.15) is 0 Å². The highest BCUT2D eigenvalue weighted by Crippen LogP contribution is 2.44. The topological polar surface area (TPSA) is 6.48 Å². The van der Waals surface area contributed by atoms with Crippen molar-refractivity contribution < 1.29 is 0 Å². The number of halogens is 1. The summed E-state index contributed by atoms with van der Waals surface area (Å²) in [5, 5.41) is 0.638. The summed E-state index contributed by atoms with van der Waals surface area (Å²) < 4.78 is 0. The highest BCUT2D eigenvalue weighted by molar-refractivity contribution is 6.34. The Bertz CT molecular complexity index is 2510. The van der Waals surface area contributed by atoms with Crippen LogP contribution >= 0.6 is 11.6 Å². The van der Waals surface area contributed by atoms with E-state index in [1.165, 1.54) is 33.4 Å². The number of anilines is 6. The van der Waals surface area contributed by atoms with Crippen LogP contribution < -0.4 is 9.80 Å². The summed E-state index contributed by atoms with van der Waals surface area (Å²) >= 11 is 7.44. The van der Waals surface area contributed by atoms with Crippen molar-refractivity contribution >= 4 is 45.7 Å². The van der Waals surface area contributed by atoms with Crippen molar-refractivity contribution in [3.63, 3.8) is 0 Å². The smallest absolute Gasteiger partial charge is 0.0667 e. The minimum atomic E-state index is 0.638. The minimum absolute atomic E-state index is 0.638. The molecule has 0 unspecified atom stereocenters. The van der Waals surface area contributed by atoms with Gasteiger partial charge in [0.05, 0.1) is 10.7 Å². The Balaban J connectivity index is 1.12. The maximum atomic E-state index is 7.44. The molecule has 0 aliphatic heterocycles. The first-order valence-electron chi connectivity index (χ1n) is 19.2. The van der Waals surface area contributed by atoms with Crippen LogP contribution in [0.3, 0.4) is 0 Å². The molecule has 272 valence electrons. The van der Waals surface area contributed by atoms with E-state index in [1.807, 2.05) is 24.3 Å². The SMILES string of the molecule is Clc1cc(N(c2ccc(-c3ccccc3)cc2)c2ccc(-c3ccccc3)cc2)ccc1N(c1ccc(-c2ccccc2)cc1)c1ccc(-c2ccccc2)cc1. The number of rotatable bonds is 10. The first kappa shape index (κ1) is 35.6. The van der Waals surface area contributed by atoms with Crippen LogP contribution in [0.15, 0.2) is 237 Å². The van der Waals surface area contributed by atoms with E-state index >= 15 is 0 Å². The fourth-order valence-corrected chi connectivity index (χ4v) is 7.68. The van der Waals surface area contributed by atoms with Crippen LogP contribution in [0.5, 0.6) is 0 Å². The summed E-state index contributed by atoms with van der Waals surface area (Å²) in [6.45, 7) is 0. The zero-order valence-electron chi connectivity index (χ0n) is 31.3. The predicted octanol–water partition coefficient (Wildman–Crippen LogP) is 15.9. The lowest BCUT2D eigenvalue weighted by Gasteiger charge is -2.29. The molecule has 0 atom stereocenters. The van der Waals surface area contributed by atoms with Crippen molar-refractivity contribution in [3.8, 4) is 44.5 Å². The van der Waals surface area contributed by atoms with Crippen molar-refractivity contribution in [2.75, 3.05) is 9.80 Å². The Morgan fingerprint density at radius 3 is 0.754 bits per heavy atom. The second-order valence-corrected chi connectivity index (χ2v) is 14.4. The molecule has 0 aromatic heterocycles. The predicted molar refractivity (Wildman–Crippen MR) is 243 cm³/mol. The minimum Gasteiger partial charge on any atom is -0.310 e. The van der Waals surface area contributed by atoms with Gasteiger partial charge >= 0.3 is 0 Å². The summed E-state index contributed by atoms with van der Waals surface area (Å²) in [6.07, 6.45) is 0. The maximum absolute atomic E-state index is 7.44. The van der Waals surface area contributed by atoms with Gasteiger partial charge in [-0.1, -0.05) is 181 Å². The lowest BCUT2D eigenvalue weighted by Crippen LogP contribution is -2.13. The highest BCUT2D eigenvalue weighted by atomic mass is 35.5. The molecule has 0 aliphatic carbocycles.